The molecule has 0 radical (unpaired) electrons. The van der Waals surface area contributed by atoms with E-state index in [4.69, 9.17) is 9.41 Å². The fourth-order valence-electron chi connectivity index (χ4n) is 6.72. The van der Waals surface area contributed by atoms with E-state index in [0.29, 0.717) is 0 Å². The smallest absolute Gasteiger partial charge is 0.135 e. The number of aromatic nitrogens is 2. The van der Waals surface area contributed by atoms with E-state index in [2.05, 4.69) is 131 Å². The van der Waals surface area contributed by atoms with Crippen molar-refractivity contribution in [1.82, 2.24) is 9.55 Å². The summed E-state index contributed by atoms with van der Waals surface area (Å²) in [6.07, 6.45) is 6.98. The molecule has 0 fully saturated rings. The molecular formula is C40H27N3O. The van der Waals surface area contributed by atoms with Crippen molar-refractivity contribution >= 4 is 55.3 Å². The van der Waals surface area contributed by atoms with Crippen molar-refractivity contribution in [2.75, 3.05) is 0 Å². The number of pyridine rings is 1. The zero-order valence-electron chi connectivity index (χ0n) is 23.9. The molecule has 208 valence electrons. The summed E-state index contributed by atoms with van der Waals surface area (Å²) >= 11 is 0. The van der Waals surface area contributed by atoms with E-state index < -0.39 is 0 Å². The Hall–Kier alpha value is -5.74. The number of hydrogen-bond acceptors (Lipinski definition) is 3. The molecule has 0 amide bonds. The van der Waals surface area contributed by atoms with E-state index in [1.54, 1.807) is 0 Å². The van der Waals surface area contributed by atoms with Crippen molar-refractivity contribution in [3.05, 3.63) is 157 Å². The van der Waals surface area contributed by atoms with Gasteiger partial charge < -0.3 is 4.42 Å². The molecule has 3 aromatic heterocycles. The molecule has 1 aliphatic heterocycles. The summed E-state index contributed by atoms with van der Waals surface area (Å²) in [6, 6.07) is 44.8. The van der Waals surface area contributed by atoms with E-state index in [1.807, 2.05) is 24.5 Å². The molecule has 0 N–H and O–H groups in total. The van der Waals surface area contributed by atoms with Gasteiger partial charge >= 0.3 is 0 Å². The SMILES string of the molecule is C1=C(c2ccccc2)N=C(n2c3ccncc3c3cc(-c4ccc5oc6ccccc6c5c4)ccc32)CC1c1ccccc1. The van der Waals surface area contributed by atoms with E-state index in [1.165, 1.54) is 5.56 Å². The maximum atomic E-state index is 6.09. The second-order valence-electron chi connectivity index (χ2n) is 11.4. The summed E-state index contributed by atoms with van der Waals surface area (Å²) < 4.78 is 8.44. The van der Waals surface area contributed by atoms with Crippen molar-refractivity contribution in [2.45, 2.75) is 12.3 Å². The lowest BCUT2D eigenvalue weighted by atomic mass is 9.91. The molecular weight excluding hydrogens is 538 g/mol. The molecule has 9 rings (SSSR count). The van der Waals surface area contributed by atoms with Gasteiger partial charge in [-0.1, -0.05) is 97.1 Å². The van der Waals surface area contributed by atoms with Gasteiger partial charge in [0.15, 0.2) is 0 Å². The first kappa shape index (κ1) is 24.8. The topological polar surface area (TPSA) is 43.3 Å². The van der Waals surface area contributed by atoms with Crippen LogP contribution in [0.5, 0.6) is 0 Å². The van der Waals surface area contributed by atoms with E-state index in [0.717, 1.165) is 78.4 Å². The maximum Gasteiger partial charge on any atom is 0.135 e. The van der Waals surface area contributed by atoms with Gasteiger partial charge in [0.05, 0.1) is 16.7 Å². The highest BCUT2D eigenvalue weighted by atomic mass is 16.3. The van der Waals surface area contributed by atoms with Crippen LogP contribution in [-0.4, -0.2) is 15.4 Å². The molecule has 1 aliphatic rings. The quantitative estimate of drug-likeness (QED) is 0.214. The fourth-order valence-corrected chi connectivity index (χ4v) is 6.72. The Morgan fingerprint density at radius 2 is 1.30 bits per heavy atom. The number of benzene rings is 5. The Morgan fingerprint density at radius 3 is 2.16 bits per heavy atom. The molecule has 1 atom stereocenters. The van der Waals surface area contributed by atoms with Gasteiger partial charge in [0, 0.05) is 46.3 Å². The van der Waals surface area contributed by atoms with Crippen LogP contribution >= 0.6 is 0 Å². The number of nitrogens with zero attached hydrogens (tertiary/aromatic N) is 3. The van der Waals surface area contributed by atoms with Crippen molar-refractivity contribution in [2.24, 2.45) is 4.99 Å². The van der Waals surface area contributed by atoms with E-state index >= 15 is 0 Å². The summed E-state index contributed by atoms with van der Waals surface area (Å²) in [5.74, 6) is 1.24. The van der Waals surface area contributed by atoms with Crippen LogP contribution in [-0.2, 0) is 0 Å². The number of para-hydroxylation sites is 1. The fraction of sp³-hybridized carbons (Fsp3) is 0.0500. The van der Waals surface area contributed by atoms with Gasteiger partial charge in [-0.3, -0.25) is 9.55 Å². The lowest BCUT2D eigenvalue weighted by Crippen LogP contribution is -2.18. The third-order valence-electron chi connectivity index (χ3n) is 8.84. The van der Waals surface area contributed by atoms with E-state index in [-0.39, 0.29) is 5.92 Å². The minimum Gasteiger partial charge on any atom is -0.456 e. The molecule has 8 aromatic rings. The average Bonchev–Trinajstić information content (AvgIpc) is 3.64. The van der Waals surface area contributed by atoms with Crippen molar-refractivity contribution in [1.29, 1.82) is 0 Å². The Labute approximate surface area is 254 Å². The third kappa shape index (κ3) is 3.99. The molecule has 0 spiro atoms. The maximum absolute atomic E-state index is 6.09. The number of fused-ring (bicyclic) bond motifs is 6. The molecule has 0 saturated heterocycles. The molecule has 4 heteroatoms. The molecule has 4 nitrogen and oxygen atoms in total. The van der Waals surface area contributed by atoms with Gasteiger partial charge in [-0.05, 0) is 58.7 Å². The van der Waals surface area contributed by atoms with Crippen LogP contribution in [0.2, 0.25) is 0 Å². The summed E-state index contributed by atoms with van der Waals surface area (Å²) in [6.45, 7) is 0. The largest absolute Gasteiger partial charge is 0.456 e. The lowest BCUT2D eigenvalue weighted by molar-refractivity contribution is 0.669. The Morgan fingerprint density at radius 1 is 0.591 bits per heavy atom. The summed E-state index contributed by atoms with van der Waals surface area (Å²) in [7, 11) is 0. The normalized spacial score (nSPS) is 15.2. The predicted octanol–water partition coefficient (Wildman–Crippen LogP) is 10.2. The number of furan rings is 1. The van der Waals surface area contributed by atoms with Crippen LogP contribution in [0, 0.1) is 0 Å². The van der Waals surface area contributed by atoms with Gasteiger partial charge in [-0.2, -0.15) is 0 Å². The molecule has 0 bridgehead atoms. The zero-order chi connectivity index (χ0) is 29.0. The zero-order valence-corrected chi connectivity index (χ0v) is 23.9. The highest BCUT2D eigenvalue weighted by Gasteiger charge is 2.24. The number of rotatable bonds is 3. The van der Waals surface area contributed by atoms with Gasteiger partial charge in [0.1, 0.15) is 17.0 Å². The van der Waals surface area contributed by atoms with Crippen LogP contribution in [0.25, 0.3) is 60.6 Å². The van der Waals surface area contributed by atoms with Gasteiger partial charge in [-0.15, -0.1) is 0 Å². The average molecular weight is 566 g/mol. The second kappa shape index (κ2) is 9.92. The lowest BCUT2D eigenvalue weighted by Gasteiger charge is -2.23. The predicted molar refractivity (Wildman–Crippen MR) is 181 cm³/mol. The second-order valence-corrected chi connectivity index (χ2v) is 11.4. The summed E-state index contributed by atoms with van der Waals surface area (Å²) in [5, 5.41) is 4.55. The first-order valence-corrected chi connectivity index (χ1v) is 15.0. The van der Waals surface area contributed by atoms with Gasteiger partial charge in [0.25, 0.3) is 0 Å². The number of allylic oxidation sites excluding steroid dienone is 1. The Balaban J connectivity index is 1.22. The molecule has 0 saturated carbocycles. The molecule has 1 unspecified atom stereocenters. The highest BCUT2D eigenvalue weighted by Crippen LogP contribution is 2.38. The molecule has 0 aliphatic carbocycles. The van der Waals surface area contributed by atoms with Crippen LogP contribution < -0.4 is 0 Å². The first-order chi connectivity index (χ1) is 21.8. The van der Waals surface area contributed by atoms with Crippen molar-refractivity contribution in [3.8, 4) is 11.1 Å². The summed E-state index contributed by atoms with van der Waals surface area (Å²) in [5.41, 5.74) is 9.79. The number of aliphatic imine (C=N–C) groups is 1. The molecule has 44 heavy (non-hydrogen) atoms. The van der Waals surface area contributed by atoms with E-state index in [9.17, 15) is 0 Å². The van der Waals surface area contributed by atoms with Crippen LogP contribution in [0.15, 0.2) is 155 Å². The van der Waals surface area contributed by atoms with Gasteiger partial charge in [0.2, 0.25) is 0 Å². The first-order valence-electron chi connectivity index (χ1n) is 15.0. The minimum absolute atomic E-state index is 0.212. The molecule has 4 heterocycles. The Kier molecular flexibility index (Phi) is 5.60. The highest BCUT2D eigenvalue weighted by molar-refractivity contribution is 6.16. The summed E-state index contributed by atoms with van der Waals surface area (Å²) in [4.78, 5) is 9.86. The van der Waals surface area contributed by atoms with Crippen molar-refractivity contribution < 1.29 is 4.42 Å². The van der Waals surface area contributed by atoms with Crippen LogP contribution in [0.4, 0.5) is 0 Å². The third-order valence-corrected chi connectivity index (χ3v) is 8.84. The number of hydrogen-bond donors (Lipinski definition) is 0. The standard InChI is InChI=1S/C40H27N3O/c1-3-9-26(10-4-1)30-23-35(27-11-5-2-6-12-27)42-40(24-30)43-36-17-15-28(21-32(36)34-25-41-20-19-37(34)43)29-16-18-39-33(22-29)31-13-7-8-14-38(31)44-39/h1-23,25,30H,24H2. The van der Waals surface area contributed by atoms with Crippen LogP contribution in [0.3, 0.4) is 0 Å². The van der Waals surface area contributed by atoms with Gasteiger partial charge in [-0.25, -0.2) is 4.99 Å². The van der Waals surface area contributed by atoms with Crippen LogP contribution in [0.1, 0.15) is 23.5 Å². The minimum atomic E-state index is 0.212. The Bertz CT molecular complexity index is 2410. The van der Waals surface area contributed by atoms with Crippen molar-refractivity contribution in [3.63, 3.8) is 0 Å². The monoisotopic (exact) mass is 565 g/mol. The molecule has 5 aromatic carbocycles.